The number of nitrogens with one attached hydrogen (secondary N) is 1. The molecule has 0 radical (unpaired) electrons. The molecule has 3 rings (SSSR count). The summed E-state index contributed by atoms with van der Waals surface area (Å²) in [5.74, 6) is -0.121. The van der Waals surface area contributed by atoms with Crippen molar-refractivity contribution in [3.05, 3.63) is 71.3 Å². The van der Waals surface area contributed by atoms with Crippen molar-refractivity contribution in [2.24, 2.45) is 0 Å². The monoisotopic (exact) mass is 371 g/mol. The summed E-state index contributed by atoms with van der Waals surface area (Å²) in [6.45, 7) is 0.626. The minimum absolute atomic E-state index is 0.00792. The second-order valence-corrected chi connectivity index (χ2v) is 9.44. The van der Waals surface area contributed by atoms with E-state index in [1.807, 2.05) is 6.07 Å². The molecule has 4 nitrogen and oxygen atoms in total. The van der Waals surface area contributed by atoms with Crippen LogP contribution in [-0.2, 0) is 21.0 Å². The standard InChI is InChI=1S/C21H25NO3S/c1-26(24,25)15-17-9-11-18(12-10-17)20(23)22-16-21(13-5-6-14-21)19-7-3-2-4-8-19/h2-4,7-12H,5-6,13-16H2,1H3,(H,22,23). The van der Waals surface area contributed by atoms with Gasteiger partial charge in [0.05, 0.1) is 5.75 Å². The van der Waals surface area contributed by atoms with Gasteiger partial charge in [0.25, 0.3) is 5.91 Å². The van der Waals surface area contributed by atoms with E-state index in [4.69, 9.17) is 0 Å². The molecule has 2 aromatic carbocycles. The molecule has 1 fully saturated rings. The normalized spacial score (nSPS) is 16.3. The van der Waals surface area contributed by atoms with Crippen LogP contribution in [0, 0.1) is 0 Å². The van der Waals surface area contributed by atoms with Crippen LogP contribution >= 0.6 is 0 Å². The Bertz CT molecular complexity index is 852. The maximum atomic E-state index is 12.5. The molecular weight excluding hydrogens is 346 g/mol. The highest BCUT2D eigenvalue weighted by Gasteiger charge is 2.35. The van der Waals surface area contributed by atoms with Gasteiger partial charge in [-0.05, 0) is 36.1 Å². The molecule has 26 heavy (non-hydrogen) atoms. The van der Waals surface area contributed by atoms with E-state index in [1.54, 1.807) is 24.3 Å². The van der Waals surface area contributed by atoms with Crippen molar-refractivity contribution in [2.45, 2.75) is 36.9 Å². The summed E-state index contributed by atoms with van der Waals surface area (Å²) in [7, 11) is -3.07. The molecule has 0 saturated heterocycles. The Hall–Kier alpha value is -2.14. The molecule has 2 aromatic rings. The van der Waals surface area contributed by atoms with Gasteiger partial charge >= 0.3 is 0 Å². The van der Waals surface area contributed by atoms with Crippen molar-refractivity contribution in [1.29, 1.82) is 0 Å². The highest BCUT2D eigenvalue weighted by molar-refractivity contribution is 7.89. The zero-order valence-corrected chi connectivity index (χ0v) is 15.9. The first-order valence-electron chi connectivity index (χ1n) is 8.98. The minimum Gasteiger partial charge on any atom is -0.351 e. The molecule has 1 N–H and O–H groups in total. The van der Waals surface area contributed by atoms with Crippen molar-refractivity contribution in [1.82, 2.24) is 5.32 Å². The van der Waals surface area contributed by atoms with Crippen LogP contribution in [0.1, 0.15) is 47.2 Å². The van der Waals surface area contributed by atoms with Crippen LogP contribution in [0.2, 0.25) is 0 Å². The predicted molar refractivity (Wildman–Crippen MR) is 104 cm³/mol. The van der Waals surface area contributed by atoms with E-state index in [0.29, 0.717) is 17.7 Å². The molecule has 1 amide bonds. The summed E-state index contributed by atoms with van der Waals surface area (Å²) in [5.41, 5.74) is 2.57. The van der Waals surface area contributed by atoms with E-state index in [-0.39, 0.29) is 17.1 Å². The van der Waals surface area contributed by atoms with E-state index in [2.05, 4.69) is 29.6 Å². The van der Waals surface area contributed by atoms with Gasteiger partial charge in [-0.1, -0.05) is 55.3 Å². The molecule has 0 unspecified atom stereocenters. The number of benzene rings is 2. The molecule has 0 atom stereocenters. The zero-order chi connectivity index (χ0) is 18.6. The molecule has 0 spiro atoms. The number of carbonyl (C=O) groups is 1. The van der Waals surface area contributed by atoms with Crippen molar-refractivity contribution >= 4 is 15.7 Å². The van der Waals surface area contributed by atoms with Crippen LogP contribution in [0.25, 0.3) is 0 Å². The van der Waals surface area contributed by atoms with Crippen molar-refractivity contribution in [2.75, 3.05) is 12.8 Å². The molecule has 0 heterocycles. The third kappa shape index (κ3) is 4.52. The fourth-order valence-corrected chi connectivity index (χ4v) is 4.62. The highest BCUT2D eigenvalue weighted by Crippen LogP contribution is 2.40. The van der Waals surface area contributed by atoms with Crippen LogP contribution in [0.4, 0.5) is 0 Å². The molecule has 1 aliphatic carbocycles. The van der Waals surface area contributed by atoms with Gasteiger partial charge in [-0.25, -0.2) is 8.42 Å². The third-order valence-corrected chi connectivity index (χ3v) is 6.04. The summed E-state index contributed by atoms with van der Waals surface area (Å²) in [5, 5.41) is 3.09. The van der Waals surface area contributed by atoms with Crippen LogP contribution in [-0.4, -0.2) is 27.1 Å². The van der Waals surface area contributed by atoms with Gasteiger partial charge in [-0.2, -0.15) is 0 Å². The van der Waals surface area contributed by atoms with Crippen molar-refractivity contribution in [3.8, 4) is 0 Å². The van der Waals surface area contributed by atoms with Gasteiger partial charge in [-0.15, -0.1) is 0 Å². The third-order valence-electron chi connectivity index (χ3n) is 5.18. The second-order valence-electron chi connectivity index (χ2n) is 7.30. The number of sulfone groups is 1. The Balaban J connectivity index is 1.68. The lowest BCUT2D eigenvalue weighted by Crippen LogP contribution is -2.39. The molecule has 1 aliphatic rings. The zero-order valence-electron chi connectivity index (χ0n) is 15.1. The topological polar surface area (TPSA) is 63.2 Å². The lowest BCUT2D eigenvalue weighted by atomic mass is 9.79. The smallest absolute Gasteiger partial charge is 0.251 e. The van der Waals surface area contributed by atoms with Crippen molar-refractivity contribution in [3.63, 3.8) is 0 Å². The average Bonchev–Trinajstić information content (AvgIpc) is 3.10. The summed E-state index contributed by atoms with van der Waals surface area (Å²) >= 11 is 0. The lowest BCUT2D eigenvalue weighted by molar-refractivity contribution is 0.0943. The van der Waals surface area contributed by atoms with Gasteiger partial charge in [0.15, 0.2) is 9.84 Å². The molecular formula is C21H25NO3S. The largest absolute Gasteiger partial charge is 0.351 e. The number of amides is 1. The molecule has 0 aliphatic heterocycles. The highest BCUT2D eigenvalue weighted by atomic mass is 32.2. The van der Waals surface area contributed by atoms with E-state index in [0.717, 1.165) is 12.8 Å². The van der Waals surface area contributed by atoms with Crippen LogP contribution < -0.4 is 5.32 Å². The fraction of sp³-hybridized carbons (Fsp3) is 0.381. The van der Waals surface area contributed by atoms with Gasteiger partial charge in [-0.3, -0.25) is 4.79 Å². The van der Waals surface area contributed by atoms with Gasteiger partial charge in [0.1, 0.15) is 0 Å². The van der Waals surface area contributed by atoms with Crippen LogP contribution in [0.5, 0.6) is 0 Å². The van der Waals surface area contributed by atoms with Gasteiger partial charge in [0.2, 0.25) is 0 Å². The summed E-state index contributed by atoms with van der Waals surface area (Å²) in [4.78, 5) is 12.5. The average molecular weight is 372 g/mol. The van der Waals surface area contributed by atoms with Gasteiger partial charge < -0.3 is 5.32 Å². The number of rotatable bonds is 6. The maximum Gasteiger partial charge on any atom is 0.251 e. The second kappa shape index (κ2) is 7.62. The molecule has 138 valence electrons. The van der Waals surface area contributed by atoms with Crippen LogP contribution in [0.3, 0.4) is 0 Å². The first kappa shape index (κ1) is 18.6. The number of hydrogen-bond donors (Lipinski definition) is 1. The summed E-state index contributed by atoms with van der Waals surface area (Å²) < 4.78 is 22.7. The Kier molecular flexibility index (Phi) is 5.47. The Morgan fingerprint density at radius 1 is 1.00 bits per heavy atom. The molecule has 5 heteroatoms. The van der Waals surface area contributed by atoms with E-state index in [1.165, 1.54) is 24.7 Å². The summed E-state index contributed by atoms with van der Waals surface area (Å²) in [6.07, 6.45) is 5.75. The molecule has 0 bridgehead atoms. The first-order valence-corrected chi connectivity index (χ1v) is 11.0. The quantitative estimate of drug-likeness (QED) is 0.846. The van der Waals surface area contributed by atoms with Crippen LogP contribution in [0.15, 0.2) is 54.6 Å². The Morgan fingerprint density at radius 3 is 2.19 bits per heavy atom. The fourth-order valence-electron chi connectivity index (χ4n) is 3.82. The Labute approximate surface area is 155 Å². The SMILES string of the molecule is CS(=O)(=O)Cc1ccc(C(=O)NCC2(c3ccccc3)CCCC2)cc1. The van der Waals surface area contributed by atoms with Crippen molar-refractivity contribution < 1.29 is 13.2 Å². The van der Waals surface area contributed by atoms with E-state index in [9.17, 15) is 13.2 Å². The number of hydrogen-bond acceptors (Lipinski definition) is 3. The van der Waals surface area contributed by atoms with Gasteiger partial charge in [0, 0.05) is 23.8 Å². The molecule has 0 aromatic heterocycles. The number of carbonyl (C=O) groups excluding carboxylic acids is 1. The summed E-state index contributed by atoms with van der Waals surface area (Å²) in [6, 6.07) is 17.2. The minimum atomic E-state index is -3.07. The van der Waals surface area contributed by atoms with E-state index >= 15 is 0 Å². The molecule has 1 saturated carbocycles. The maximum absolute atomic E-state index is 12.5. The predicted octanol–water partition coefficient (Wildman–Crippen LogP) is 3.47. The Morgan fingerprint density at radius 2 is 1.62 bits per heavy atom. The van der Waals surface area contributed by atoms with E-state index < -0.39 is 9.84 Å². The lowest BCUT2D eigenvalue weighted by Gasteiger charge is -2.30. The first-order chi connectivity index (χ1) is 12.4.